The Morgan fingerprint density at radius 2 is 1.72 bits per heavy atom. The minimum Gasteiger partial charge on any atom is -0.463 e. The first kappa shape index (κ1) is 21.6. The summed E-state index contributed by atoms with van der Waals surface area (Å²) in [5, 5.41) is 0. The Bertz CT molecular complexity index is 1060. The quantitative estimate of drug-likeness (QED) is 0.447. The summed E-state index contributed by atoms with van der Waals surface area (Å²) in [6.45, 7) is 3.46. The fraction of sp³-hybridized carbons (Fsp3) is 0.292. The van der Waals surface area contributed by atoms with Crippen molar-refractivity contribution in [1.29, 1.82) is 0 Å². The molecule has 0 spiro atoms. The number of carbonyl (C=O) groups excluding carboxylic acids is 2. The van der Waals surface area contributed by atoms with Gasteiger partial charge in [0.25, 0.3) is 5.60 Å². The average molecular weight is 436 g/mol. The van der Waals surface area contributed by atoms with E-state index in [-0.39, 0.29) is 13.2 Å². The summed E-state index contributed by atoms with van der Waals surface area (Å²) >= 11 is 0. The first-order valence-corrected chi connectivity index (χ1v) is 10.4. The van der Waals surface area contributed by atoms with Crippen molar-refractivity contribution in [3.63, 3.8) is 0 Å². The third-order valence-corrected chi connectivity index (χ3v) is 5.19. The maximum absolute atomic E-state index is 13.5. The Morgan fingerprint density at radius 1 is 1.00 bits per heavy atom. The number of rotatable bonds is 7. The van der Waals surface area contributed by atoms with Gasteiger partial charge in [0.2, 0.25) is 0 Å². The molecule has 0 saturated carbocycles. The number of hydrogen-bond donors (Lipinski definition) is 1. The number of carbonyl (C=O) groups is 2. The van der Waals surface area contributed by atoms with Crippen molar-refractivity contribution in [1.82, 2.24) is 4.98 Å². The summed E-state index contributed by atoms with van der Waals surface area (Å²) in [6.07, 6.45) is 2.23. The number of H-pyrrole nitrogens is 1. The van der Waals surface area contributed by atoms with Crippen molar-refractivity contribution in [2.24, 2.45) is 4.99 Å². The number of aromatic nitrogens is 1. The van der Waals surface area contributed by atoms with Crippen LogP contribution < -0.4 is 0 Å². The minimum absolute atomic E-state index is 0.0608. The molecule has 0 fully saturated rings. The summed E-state index contributed by atoms with van der Waals surface area (Å²) in [6, 6.07) is 16.1. The molecule has 2 aromatic heterocycles. The van der Waals surface area contributed by atoms with Crippen molar-refractivity contribution >= 4 is 17.7 Å². The molecule has 1 aromatic carbocycles. The zero-order valence-corrected chi connectivity index (χ0v) is 17.8. The predicted molar refractivity (Wildman–Crippen MR) is 115 cm³/mol. The number of esters is 2. The molecule has 3 aromatic rings. The summed E-state index contributed by atoms with van der Waals surface area (Å²) < 4.78 is 22.6. The van der Waals surface area contributed by atoms with Crippen LogP contribution in [0.4, 0.5) is 0 Å². The van der Waals surface area contributed by atoms with Gasteiger partial charge >= 0.3 is 11.9 Å². The molecule has 4 rings (SSSR count). The molecule has 0 amide bonds. The van der Waals surface area contributed by atoms with E-state index in [9.17, 15) is 9.59 Å². The molecule has 2 atom stereocenters. The molecule has 0 bridgehead atoms. The van der Waals surface area contributed by atoms with E-state index in [1.807, 2.05) is 18.2 Å². The molecule has 0 unspecified atom stereocenters. The third kappa shape index (κ3) is 3.73. The molecule has 1 aliphatic rings. The number of ether oxygens (including phenoxy) is 3. The highest BCUT2D eigenvalue weighted by Gasteiger charge is 2.62. The molecule has 8 heteroatoms. The van der Waals surface area contributed by atoms with Gasteiger partial charge in [-0.2, -0.15) is 0 Å². The molecular weight excluding hydrogens is 412 g/mol. The Balaban J connectivity index is 2.00. The third-order valence-electron chi connectivity index (χ3n) is 5.19. The molecular formula is C24H24N2O6. The second-order valence-corrected chi connectivity index (χ2v) is 7.11. The first-order valence-electron chi connectivity index (χ1n) is 10.4. The lowest BCUT2D eigenvalue weighted by atomic mass is 9.76. The van der Waals surface area contributed by atoms with Crippen molar-refractivity contribution in [2.75, 3.05) is 13.2 Å². The lowest BCUT2D eigenvalue weighted by Crippen LogP contribution is -2.60. The highest BCUT2D eigenvalue weighted by Crippen LogP contribution is 2.45. The van der Waals surface area contributed by atoms with Crippen molar-refractivity contribution < 1.29 is 28.2 Å². The largest absolute Gasteiger partial charge is 0.463 e. The SMILES string of the molecule is CCOC(=O)C1(C(=O)OCC)O[C@@H](c2ccc[nH]2)N=C(c2ccco2)[C@H]1c1ccccc1. The Morgan fingerprint density at radius 3 is 2.28 bits per heavy atom. The maximum Gasteiger partial charge on any atom is 0.351 e. The first-order chi connectivity index (χ1) is 15.6. The van der Waals surface area contributed by atoms with Crippen LogP contribution in [0.5, 0.6) is 0 Å². The average Bonchev–Trinajstić information content (AvgIpc) is 3.53. The van der Waals surface area contributed by atoms with E-state index in [0.717, 1.165) is 0 Å². The van der Waals surface area contributed by atoms with Gasteiger partial charge in [-0.25, -0.2) is 14.6 Å². The lowest BCUT2D eigenvalue weighted by molar-refractivity contribution is -0.202. The smallest absolute Gasteiger partial charge is 0.351 e. The molecule has 1 aliphatic heterocycles. The van der Waals surface area contributed by atoms with Crippen LogP contribution >= 0.6 is 0 Å². The van der Waals surface area contributed by atoms with E-state index in [1.165, 1.54) is 6.26 Å². The van der Waals surface area contributed by atoms with Gasteiger partial charge in [-0.1, -0.05) is 30.3 Å². The normalized spacial score (nSPS) is 19.8. The highest BCUT2D eigenvalue weighted by atomic mass is 16.6. The van der Waals surface area contributed by atoms with E-state index in [1.54, 1.807) is 56.4 Å². The fourth-order valence-corrected chi connectivity index (χ4v) is 3.85. The van der Waals surface area contributed by atoms with E-state index in [4.69, 9.17) is 23.6 Å². The van der Waals surface area contributed by atoms with Gasteiger partial charge in [0.05, 0.1) is 36.8 Å². The number of hydrogen-bond acceptors (Lipinski definition) is 7. The molecule has 0 aliphatic carbocycles. The maximum atomic E-state index is 13.5. The summed E-state index contributed by atoms with van der Waals surface area (Å²) in [4.78, 5) is 34.8. The van der Waals surface area contributed by atoms with Crippen LogP contribution in [0.25, 0.3) is 0 Å². The predicted octanol–water partition coefficient (Wildman–Crippen LogP) is 3.77. The standard InChI is InChI=1S/C24H24N2O6/c1-3-29-22(27)24(23(28)30-4-2)19(16-10-6-5-7-11-16)20(18-13-9-15-31-18)26-21(32-24)17-12-8-14-25-17/h5-15,19,21,25H,3-4H2,1-2H3/t19-,21+/m1/s1. The molecule has 166 valence electrons. The van der Waals surface area contributed by atoms with Crippen LogP contribution in [-0.4, -0.2) is 41.4 Å². The number of aromatic amines is 1. The van der Waals surface area contributed by atoms with Gasteiger partial charge in [-0.05, 0) is 43.7 Å². The van der Waals surface area contributed by atoms with E-state index >= 15 is 0 Å². The number of nitrogens with one attached hydrogen (secondary N) is 1. The molecule has 0 radical (unpaired) electrons. The monoisotopic (exact) mass is 436 g/mol. The van der Waals surface area contributed by atoms with Crippen LogP contribution in [0.3, 0.4) is 0 Å². The topological polar surface area (TPSA) is 103 Å². The van der Waals surface area contributed by atoms with Crippen molar-refractivity contribution in [3.8, 4) is 0 Å². The molecule has 8 nitrogen and oxygen atoms in total. The van der Waals surface area contributed by atoms with Gasteiger partial charge < -0.3 is 23.6 Å². The fourth-order valence-electron chi connectivity index (χ4n) is 3.85. The minimum atomic E-state index is -2.13. The second kappa shape index (κ2) is 9.23. The Kier molecular flexibility index (Phi) is 6.23. The van der Waals surface area contributed by atoms with Gasteiger partial charge in [0.15, 0.2) is 6.23 Å². The lowest BCUT2D eigenvalue weighted by Gasteiger charge is -2.41. The van der Waals surface area contributed by atoms with E-state index < -0.39 is 29.7 Å². The second-order valence-electron chi connectivity index (χ2n) is 7.11. The van der Waals surface area contributed by atoms with Gasteiger partial charge in [-0.3, -0.25) is 0 Å². The van der Waals surface area contributed by atoms with Crippen LogP contribution in [0.15, 0.2) is 76.5 Å². The molecule has 32 heavy (non-hydrogen) atoms. The molecule has 3 heterocycles. The summed E-state index contributed by atoms with van der Waals surface area (Å²) in [5.74, 6) is -2.23. The van der Waals surface area contributed by atoms with E-state index in [2.05, 4.69) is 4.98 Å². The van der Waals surface area contributed by atoms with Crippen molar-refractivity contribution in [3.05, 3.63) is 84.1 Å². The van der Waals surface area contributed by atoms with E-state index in [0.29, 0.717) is 22.7 Å². The zero-order chi connectivity index (χ0) is 22.6. The number of furan rings is 1. The Labute approximate surface area is 185 Å². The summed E-state index contributed by atoms with van der Waals surface area (Å²) in [5.41, 5.74) is -0.548. The molecule has 1 N–H and O–H groups in total. The molecule has 0 saturated heterocycles. The van der Waals surface area contributed by atoms with Gasteiger partial charge in [0.1, 0.15) is 5.76 Å². The summed E-state index contributed by atoms with van der Waals surface area (Å²) in [7, 11) is 0. The van der Waals surface area contributed by atoms with Gasteiger partial charge in [0, 0.05) is 6.20 Å². The number of benzene rings is 1. The van der Waals surface area contributed by atoms with Crippen LogP contribution in [-0.2, 0) is 23.8 Å². The Hall–Kier alpha value is -3.65. The van der Waals surface area contributed by atoms with Crippen LogP contribution in [0.2, 0.25) is 0 Å². The zero-order valence-electron chi connectivity index (χ0n) is 17.8. The van der Waals surface area contributed by atoms with Crippen molar-refractivity contribution in [2.45, 2.75) is 31.6 Å². The van der Waals surface area contributed by atoms with Crippen LogP contribution in [0.1, 0.15) is 43.0 Å². The number of aliphatic imine (C=N–C) groups is 1. The number of nitrogens with zero attached hydrogens (tertiary/aromatic N) is 1. The highest BCUT2D eigenvalue weighted by molar-refractivity contribution is 6.16. The van der Waals surface area contributed by atoms with Crippen LogP contribution in [0, 0.1) is 0 Å². The van der Waals surface area contributed by atoms with Gasteiger partial charge in [-0.15, -0.1) is 0 Å².